The van der Waals surface area contributed by atoms with Crippen LogP contribution < -0.4 is 10.6 Å². The number of nitrogens with one attached hydrogen (secondary N) is 2. The topological polar surface area (TPSA) is 97.2 Å². The Bertz CT molecular complexity index is 686. The van der Waals surface area contributed by atoms with Crippen LogP contribution in [0.2, 0.25) is 0 Å². The molecule has 27 heavy (non-hydrogen) atoms. The Morgan fingerprint density at radius 2 is 1.85 bits per heavy atom. The highest BCUT2D eigenvalue weighted by Gasteiger charge is 2.26. The van der Waals surface area contributed by atoms with Crippen molar-refractivity contribution in [3.8, 4) is 0 Å². The molecule has 0 aromatic carbocycles. The van der Waals surface area contributed by atoms with E-state index < -0.39 is 4.92 Å². The molecule has 1 aliphatic carbocycles. The van der Waals surface area contributed by atoms with Crippen LogP contribution in [-0.2, 0) is 4.79 Å². The van der Waals surface area contributed by atoms with Crippen LogP contribution in [0.4, 0.5) is 11.5 Å². The molecule has 1 fully saturated rings. The molecular weight excluding hydrogens is 344 g/mol. The van der Waals surface area contributed by atoms with Gasteiger partial charge in [-0.2, -0.15) is 0 Å². The Morgan fingerprint density at radius 3 is 2.41 bits per heavy atom. The van der Waals surface area contributed by atoms with Gasteiger partial charge in [-0.1, -0.05) is 12.2 Å². The molecule has 0 aliphatic heterocycles. The van der Waals surface area contributed by atoms with Crippen molar-refractivity contribution in [2.75, 3.05) is 5.32 Å². The van der Waals surface area contributed by atoms with Crippen LogP contribution in [0, 0.1) is 23.0 Å². The molecule has 1 amide bonds. The molecule has 0 saturated heterocycles. The standard InChI is InChI=1S/C20H28N4O3/c1-4-6-15(7-5-2)20(25)23-17-11-9-16(10-12-17)22-19-18(24(26)27)13-8-14(3)21-19/h4-5,8,13,15-17H,1-2,6-7,9-12H2,3H3,(H,21,22)(H,23,25). The van der Waals surface area contributed by atoms with Gasteiger partial charge in [-0.05, 0) is 51.5 Å². The number of aromatic nitrogens is 1. The number of carbonyl (C=O) groups is 1. The second kappa shape index (κ2) is 9.85. The van der Waals surface area contributed by atoms with E-state index in [2.05, 4.69) is 28.8 Å². The Kier molecular flexibility index (Phi) is 7.52. The highest BCUT2D eigenvalue weighted by molar-refractivity contribution is 5.79. The zero-order valence-corrected chi connectivity index (χ0v) is 15.8. The van der Waals surface area contributed by atoms with Crippen molar-refractivity contribution in [1.82, 2.24) is 10.3 Å². The predicted molar refractivity (Wildman–Crippen MR) is 107 cm³/mol. The molecule has 7 nitrogen and oxygen atoms in total. The molecule has 1 heterocycles. The van der Waals surface area contributed by atoms with Crippen molar-refractivity contribution in [3.63, 3.8) is 0 Å². The molecule has 7 heteroatoms. The van der Waals surface area contributed by atoms with Crippen molar-refractivity contribution in [2.24, 2.45) is 5.92 Å². The fourth-order valence-electron chi connectivity index (χ4n) is 3.41. The number of nitro groups is 1. The summed E-state index contributed by atoms with van der Waals surface area (Å²) in [7, 11) is 0. The Morgan fingerprint density at radius 1 is 1.26 bits per heavy atom. The van der Waals surface area contributed by atoms with E-state index in [1.165, 1.54) is 6.07 Å². The summed E-state index contributed by atoms with van der Waals surface area (Å²) < 4.78 is 0. The number of rotatable bonds is 9. The van der Waals surface area contributed by atoms with Gasteiger partial charge in [-0.25, -0.2) is 4.98 Å². The molecule has 1 aromatic heterocycles. The van der Waals surface area contributed by atoms with Crippen molar-refractivity contribution in [1.29, 1.82) is 0 Å². The van der Waals surface area contributed by atoms with E-state index in [1.54, 1.807) is 18.2 Å². The minimum atomic E-state index is -0.417. The first kappa shape index (κ1) is 20.6. The van der Waals surface area contributed by atoms with Crippen molar-refractivity contribution in [3.05, 3.63) is 53.3 Å². The number of aryl methyl sites for hydroxylation is 1. The van der Waals surface area contributed by atoms with Crippen LogP contribution in [0.3, 0.4) is 0 Å². The monoisotopic (exact) mass is 372 g/mol. The Hall–Kier alpha value is -2.70. The molecule has 0 radical (unpaired) electrons. The van der Waals surface area contributed by atoms with E-state index in [-0.39, 0.29) is 29.6 Å². The van der Waals surface area contributed by atoms with Gasteiger partial charge in [0.2, 0.25) is 11.7 Å². The van der Waals surface area contributed by atoms with Crippen LogP contribution >= 0.6 is 0 Å². The maximum absolute atomic E-state index is 12.4. The summed E-state index contributed by atoms with van der Waals surface area (Å²) in [5.41, 5.74) is 0.729. The minimum Gasteiger partial charge on any atom is -0.362 e. The van der Waals surface area contributed by atoms with Crippen LogP contribution in [0.1, 0.15) is 44.2 Å². The molecule has 2 N–H and O–H groups in total. The average molecular weight is 372 g/mol. The van der Waals surface area contributed by atoms with Gasteiger partial charge in [0.05, 0.1) is 4.92 Å². The lowest BCUT2D eigenvalue weighted by atomic mass is 9.90. The summed E-state index contributed by atoms with van der Waals surface area (Å²) >= 11 is 0. The van der Waals surface area contributed by atoms with E-state index in [0.29, 0.717) is 18.7 Å². The number of hydrogen-bond donors (Lipinski definition) is 2. The fraction of sp³-hybridized carbons (Fsp3) is 0.500. The number of anilines is 1. The van der Waals surface area contributed by atoms with E-state index >= 15 is 0 Å². The van der Waals surface area contributed by atoms with Gasteiger partial charge in [0.15, 0.2) is 0 Å². The molecule has 2 rings (SSSR count). The van der Waals surface area contributed by atoms with Crippen LogP contribution in [0.25, 0.3) is 0 Å². The highest BCUT2D eigenvalue weighted by atomic mass is 16.6. The second-order valence-corrected chi connectivity index (χ2v) is 7.02. The first-order chi connectivity index (χ1) is 12.9. The average Bonchev–Trinajstić information content (AvgIpc) is 2.63. The number of amides is 1. The normalized spacial score (nSPS) is 19.3. The largest absolute Gasteiger partial charge is 0.362 e. The van der Waals surface area contributed by atoms with Crippen LogP contribution in [0.5, 0.6) is 0 Å². The maximum Gasteiger partial charge on any atom is 0.311 e. The minimum absolute atomic E-state index is 0.00674. The summed E-state index contributed by atoms with van der Waals surface area (Å²) in [6.07, 6.45) is 8.11. The fourth-order valence-corrected chi connectivity index (χ4v) is 3.41. The first-order valence-electron chi connectivity index (χ1n) is 9.35. The number of hydrogen-bond acceptors (Lipinski definition) is 5. The van der Waals surface area contributed by atoms with E-state index in [9.17, 15) is 14.9 Å². The molecule has 0 unspecified atom stereocenters. The van der Waals surface area contributed by atoms with Crippen molar-refractivity contribution < 1.29 is 9.72 Å². The smallest absolute Gasteiger partial charge is 0.311 e. The van der Waals surface area contributed by atoms with Gasteiger partial charge in [0.25, 0.3) is 0 Å². The third-order valence-electron chi connectivity index (χ3n) is 4.90. The summed E-state index contributed by atoms with van der Waals surface area (Å²) in [5, 5.41) is 17.5. The molecule has 1 aliphatic rings. The molecule has 146 valence electrons. The zero-order chi connectivity index (χ0) is 19.8. The molecule has 1 aromatic rings. The summed E-state index contributed by atoms with van der Waals surface area (Å²) in [5.74, 6) is 0.252. The number of carbonyl (C=O) groups excluding carboxylic acids is 1. The number of allylic oxidation sites excluding steroid dienone is 2. The van der Waals surface area contributed by atoms with Gasteiger partial charge in [0.1, 0.15) is 0 Å². The summed E-state index contributed by atoms with van der Waals surface area (Å²) in [6.45, 7) is 9.23. The Balaban J connectivity index is 1.89. The van der Waals surface area contributed by atoms with Gasteiger partial charge in [-0.15, -0.1) is 13.2 Å². The zero-order valence-electron chi connectivity index (χ0n) is 15.8. The predicted octanol–water partition coefficient (Wildman–Crippen LogP) is 3.91. The van der Waals surface area contributed by atoms with Crippen LogP contribution in [-0.4, -0.2) is 27.9 Å². The lowest BCUT2D eigenvalue weighted by Gasteiger charge is -2.30. The van der Waals surface area contributed by atoms with Crippen molar-refractivity contribution in [2.45, 2.75) is 57.5 Å². The summed E-state index contributed by atoms with van der Waals surface area (Å²) in [6, 6.07) is 3.37. The number of pyridine rings is 1. The number of nitrogens with zero attached hydrogens (tertiary/aromatic N) is 2. The lowest BCUT2D eigenvalue weighted by molar-refractivity contribution is -0.384. The highest BCUT2D eigenvalue weighted by Crippen LogP contribution is 2.27. The molecular formula is C20H28N4O3. The molecule has 0 bridgehead atoms. The van der Waals surface area contributed by atoms with E-state index in [4.69, 9.17) is 0 Å². The van der Waals surface area contributed by atoms with Gasteiger partial charge in [0, 0.05) is 29.8 Å². The molecule has 1 saturated carbocycles. The Labute approximate surface area is 160 Å². The van der Waals surface area contributed by atoms with Crippen LogP contribution in [0.15, 0.2) is 37.4 Å². The van der Waals surface area contributed by atoms with Gasteiger partial charge in [-0.3, -0.25) is 14.9 Å². The molecule has 0 spiro atoms. The second-order valence-electron chi connectivity index (χ2n) is 7.02. The lowest BCUT2D eigenvalue weighted by Crippen LogP contribution is -2.42. The third kappa shape index (κ3) is 5.91. The first-order valence-corrected chi connectivity index (χ1v) is 9.35. The van der Waals surface area contributed by atoms with E-state index in [1.807, 2.05) is 6.92 Å². The van der Waals surface area contributed by atoms with Gasteiger partial charge >= 0.3 is 5.69 Å². The maximum atomic E-state index is 12.4. The summed E-state index contributed by atoms with van der Waals surface area (Å²) in [4.78, 5) is 27.5. The van der Waals surface area contributed by atoms with Crippen molar-refractivity contribution >= 4 is 17.4 Å². The van der Waals surface area contributed by atoms with Gasteiger partial charge < -0.3 is 10.6 Å². The quantitative estimate of drug-likeness (QED) is 0.389. The third-order valence-corrected chi connectivity index (χ3v) is 4.90. The SMILES string of the molecule is C=CCC(CC=C)C(=O)NC1CCC(Nc2nc(C)ccc2[N+](=O)[O-])CC1. The van der Waals surface area contributed by atoms with E-state index in [0.717, 1.165) is 31.4 Å². The molecule has 0 atom stereocenters.